The molecule has 4 aliphatic carbocycles. The van der Waals surface area contributed by atoms with Gasteiger partial charge in [-0.2, -0.15) is 0 Å². The number of rotatable bonds is 3. The number of aliphatic hydroxyl groups is 1. The molecule has 5 heteroatoms. The summed E-state index contributed by atoms with van der Waals surface area (Å²) in [5.74, 6) is 1.93. The molecule has 0 radical (unpaired) electrons. The van der Waals surface area contributed by atoms with Crippen molar-refractivity contribution in [3.63, 3.8) is 0 Å². The standard InChI is InChI=1S/C21H35FN2O2/c1-20-10-8-17(24-26-12-11-23)19(22)16(20)4-3-13-14-5-6-18(25)21(14,2)9-7-15(13)20/h13-16,18-19,25H,3-12,23H2,1-2H3/b24-17+/t13-,14-,15-,16?,18+,19-,20+,21-/m0/s1. The summed E-state index contributed by atoms with van der Waals surface area (Å²) in [7, 11) is 0. The van der Waals surface area contributed by atoms with E-state index >= 15 is 4.39 Å². The predicted molar refractivity (Wildman–Crippen MR) is 100 cm³/mol. The third-order valence-corrected chi connectivity index (χ3v) is 8.87. The normalized spacial score (nSPS) is 52.3. The van der Waals surface area contributed by atoms with Crippen molar-refractivity contribution in [1.82, 2.24) is 0 Å². The van der Waals surface area contributed by atoms with Gasteiger partial charge in [0.15, 0.2) is 0 Å². The molecule has 0 spiro atoms. The number of fused-ring (bicyclic) bond motifs is 5. The van der Waals surface area contributed by atoms with Gasteiger partial charge >= 0.3 is 0 Å². The molecule has 3 N–H and O–H groups in total. The molecule has 8 atom stereocenters. The number of oxime groups is 1. The summed E-state index contributed by atoms with van der Waals surface area (Å²) in [6.45, 7) is 5.40. The van der Waals surface area contributed by atoms with Crippen LogP contribution in [-0.4, -0.2) is 36.2 Å². The second kappa shape index (κ2) is 6.73. The van der Waals surface area contributed by atoms with Gasteiger partial charge in [0, 0.05) is 12.5 Å². The Hall–Kier alpha value is -0.680. The Morgan fingerprint density at radius 2 is 1.81 bits per heavy atom. The monoisotopic (exact) mass is 366 g/mol. The van der Waals surface area contributed by atoms with Crippen LogP contribution in [0.15, 0.2) is 5.16 Å². The molecule has 0 amide bonds. The molecule has 0 aromatic rings. The van der Waals surface area contributed by atoms with Crippen LogP contribution in [-0.2, 0) is 4.84 Å². The third-order valence-electron chi connectivity index (χ3n) is 8.87. The smallest absolute Gasteiger partial charge is 0.145 e. The molecule has 148 valence electrons. The molecule has 4 aliphatic rings. The van der Waals surface area contributed by atoms with Gasteiger partial charge in [-0.25, -0.2) is 4.39 Å². The van der Waals surface area contributed by atoms with Gasteiger partial charge in [-0.1, -0.05) is 19.0 Å². The first kappa shape index (κ1) is 18.7. The van der Waals surface area contributed by atoms with Gasteiger partial charge in [0.25, 0.3) is 0 Å². The lowest BCUT2D eigenvalue weighted by Crippen LogP contribution is -2.57. The van der Waals surface area contributed by atoms with Crippen molar-refractivity contribution in [1.29, 1.82) is 0 Å². The van der Waals surface area contributed by atoms with Crippen molar-refractivity contribution in [3.05, 3.63) is 0 Å². The maximum atomic E-state index is 15.3. The largest absolute Gasteiger partial charge is 0.394 e. The second-order valence-corrected chi connectivity index (χ2v) is 9.81. The van der Waals surface area contributed by atoms with E-state index in [0.717, 1.165) is 44.9 Å². The van der Waals surface area contributed by atoms with Crippen molar-refractivity contribution in [3.8, 4) is 0 Å². The minimum Gasteiger partial charge on any atom is -0.394 e. The number of nitrogens with two attached hydrogens (primary N) is 1. The highest BCUT2D eigenvalue weighted by molar-refractivity contribution is 5.89. The summed E-state index contributed by atoms with van der Waals surface area (Å²) in [6, 6.07) is 0. The van der Waals surface area contributed by atoms with Crippen molar-refractivity contribution < 1.29 is 14.3 Å². The van der Waals surface area contributed by atoms with Gasteiger partial charge in [0.05, 0.1) is 11.8 Å². The molecule has 0 aliphatic heterocycles. The van der Waals surface area contributed by atoms with E-state index in [-0.39, 0.29) is 22.9 Å². The summed E-state index contributed by atoms with van der Waals surface area (Å²) in [5.41, 5.74) is 6.18. The average molecular weight is 367 g/mol. The van der Waals surface area contributed by atoms with Crippen LogP contribution in [0, 0.1) is 34.5 Å². The van der Waals surface area contributed by atoms with Crippen LogP contribution in [0.1, 0.15) is 65.2 Å². The fourth-order valence-electron chi connectivity index (χ4n) is 7.35. The lowest BCUT2D eigenvalue weighted by Gasteiger charge is -2.60. The fraction of sp³-hybridized carbons (Fsp3) is 0.952. The second-order valence-electron chi connectivity index (χ2n) is 9.81. The zero-order valence-electron chi connectivity index (χ0n) is 16.3. The summed E-state index contributed by atoms with van der Waals surface area (Å²) < 4.78 is 15.3. The molecule has 4 fully saturated rings. The van der Waals surface area contributed by atoms with E-state index < -0.39 is 6.17 Å². The van der Waals surface area contributed by atoms with Crippen molar-refractivity contribution in [2.24, 2.45) is 45.4 Å². The zero-order valence-corrected chi connectivity index (χ0v) is 16.3. The Morgan fingerprint density at radius 1 is 1.08 bits per heavy atom. The van der Waals surface area contributed by atoms with Gasteiger partial charge in [-0.3, -0.25) is 0 Å². The number of aliphatic hydroxyl groups excluding tert-OH is 1. The van der Waals surface area contributed by atoms with Gasteiger partial charge in [0.1, 0.15) is 12.8 Å². The van der Waals surface area contributed by atoms with Gasteiger partial charge in [-0.05, 0) is 80.0 Å². The Kier molecular flexibility index (Phi) is 4.84. The number of halogens is 1. The van der Waals surface area contributed by atoms with Crippen molar-refractivity contribution in [2.45, 2.75) is 77.5 Å². The van der Waals surface area contributed by atoms with Gasteiger partial charge in [0.2, 0.25) is 0 Å². The first-order valence-electron chi connectivity index (χ1n) is 10.6. The number of hydrogen-bond acceptors (Lipinski definition) is 4. The minimum atomic E-state index is -0.977. The topological polar surface area (TPSA) is 67.8 Å². The molecule has 0 saturated heterocycles. The Bertz CT molecular complexity index is 570. The molecule has 0 aromatic carbocycles. The number of hydrogen-bond donors (Lipinski definition) is 2. The molecular weight excluding hydrogens is 331 g/mol. The van der Waals surface area contributed by atoms with E-state index in [4.69, 9.17) is 10.6 Å². The molecule has 0 aromatic heterocycles. The quantitative estimate of drug-likeness (QED) is 0.591. The molecular formula is C21H35FN2O2. The summed E-state index contributed by atoms with van der Waals surface area (Å²) in [6.07, 6.45) is 6.98. The van der Waals surface area contributed by atoms with Gasteiger partial charge in [-0.15, -0.1) is 0 Å². The predicted octanol–water partition coefficient (Wildman–Crippen LogP) is 3.67. The molecule has 4 saturated carbocycles. The van der Waals surface area contributed by atoms with E-state index in [1.165, 1.54) is 0 Å². The van der Waals surface area contributed by atoms with Crippen molar-refractivity contribution >= 4 is 5.71 Å². The van der Waals surface area contributed by atoms with Gasteiger partial charge < -0.3 is 15.7 Å². The number of nitrogens with zero attached hydrogens (tertiary/aromatic N) is 1. The van der Waals surface area contributed by atoms with Crippen LogP contribution in [0.25, 0.3) is 0 Å². The molecule has 0 heterocycles. The van der Waals surface area contributed by atoms with Crippen LogP contribution in [0.2, 0.25) is 0 Å². The minimum absolute atomic E-state index is 0.0596. The zero-order chi connectivity index (χ0) is 18.5. The Labute approximate surface area is 156 Å². The highest BCUT2D eigenvalue weighted by Gasteiger charge is 2.61. The maximum Gasteiger partial charge on any atom is 0.145 e. The highest BCUT2D eigenvalue weighted by Crippen LogP contribution is 2.66. The summed E-state index contributed by atoms with van der Waals surface area (Å²) in [4.78, 5) is 5.19. The molecule has 0 bridgehead atoms. The molecule has 4 rings (SSSR count). The maximum absolute atomic E-state index is 15.3. The molecule has 4 nitrogen and oxygen atoms in total. The highest BCUT2D eigenvalue weighted by atomic mass is 19.1. The van der Waals surface area contributed by atoms with Crippen molar-refractivity contribution in [2.75, 3.05) is 13.2 Å². The van der Waals surface area contributed by atoms with E-state index in [1.807, 2.05) is 0 Å². The van der Waals surface area contributed by atoms with Crippen LogP contribution >= 0.6 is 0 Å². The Balaban J connectivity index is 1.54. The Morgan fingerprint density at radius 3 is 2.58 bits per heavy atom. The summed E-state index contributed by atoms with van der Waals surface area (Å²) in [5, 5.41) is 14.6. The fourth-order valence-corrected chi connectivity index (χ4v) is 7.35. The molecule has 26 heavy (non-hydrogen) atoms. The SMILES string of the molecule is C[C@]12CC[C@H]3[C@@H](CCC4[C@H](F)/C(=N/OCCN)CC[C@@]43C)[C@@H]1CC[C@H]2O. The van der Waals surface area contributed by atoms with E-state index in [1.54, 1.807) is 0 Å². The first-order valence-corrected chi connectivity index (χ1v) is 10.6. The van der Waals surface area contributed by atoms with Crippen LogP contribution in [0.5, 0.6) is 0 Å². The van der Waals surface area contributed by atoms with Crippen LogP contribution in [0.4, 0.5) is 4.39 Å². The first-order chi connectivity index (χ1) is 12.4. The average Bonchev–Trinajstić information content (AvgIpc) is 2.92. The number of alkyl halides is 1. The third kappa shape index (κ3) is 2.64. The van der Waals surface area contributed by atoms with E-state index in [0.29, 0.717) is 43.0 Å². The van der Waals surface area contributed by atoms with E-state index in [9.17, 15) is 5.11 Å². The van der Waals surface area contributed by atoms with Crippen LogP contribution < -0.4 is 5.73 Å². The van der Waals surface area contributed by atoms with E-state index in [2.05, 4.69) is 19.0 Å². The summed E-state index contributed by atoms with van der Waals surface area (Å²) >= 11 is 0. The lowest BCUT2D eigenvalue weighted by atomic mass is 9.45. The van der Waals surface area contributed by atoms with Crippen LogP contribution in [0.3, 0.4) is 0 Å². The lowest BCUT2D eigenvalue weighted by molar-refractivity contribution is -0.123. The molecule has 1 unspecified atom stereocenters.